The van der Waals surface area contributed by atoms with E-state index in [-0.39, 0.29) is 11.4 Å². The Kier molecular flexibility index (Phi) is 2.79. The Morgan fingerprint density at radius 3 is 2.44 bits per heavy atom. The second kappa shape index (κ2) is 5.01. The van der Waals surface area contributed by atoms with E-state index in [1.54, 1.807) is 22.9 Å². The van der Waals surface area contributed by atoms with Gasteiger partial charge in [-0.25, -0.2) is 14.1 Å². The zero-order chi connectivity index (χ0) is 17.0. The van der Waals surface area contributed by atoms with Crippen molar-refractivity contribution in [1.29, 1.82) is 0 Å². The monoisotopic (exact) mass is 329 g/mol. The lowest BCUT2D eigenvalue weighted by Crippen LogP contribution is -2.20. The molecule has 0 amide bonds. The summed E-state index contributed by atoms with van der Waals surface area (Å²) >= 11 is 0. The van der Waals surface area contributed by atoms with Crippen LogP contribution in [0.25, 0.3) is 33.1 Å². The molecule has 4 nitrogen and oxygen atoms in total. The number of halogens is 1. The third-order valence-corrected chi connectivity index (χ3v) is 4.38. The van der Waals surface area contributed by atoms with Crippen LogP contribution in [-0.2, 0) is 0 Å². The minimum Gasteiger partial charge on any atom is -0.267 e. The lowest BCUT2D eigenvalue weighted by molar-refractivity contribution is 0.624. The number of hydrogen-bond donors (Lipinski definition) is 0. The quantitative estimate of drug-likeness (QED) is 0.467. The molecular weight excluding hydrogens is 317 g/mol. The predicted molar refractivity (Wildman–Crippen MR) is 95.8 cm³/mol. The third kappa shape index (κ3) is 1.92. The summed E-state index contributed by atoms with van der Waals surface area (Å²) in [7, 11) is 0. The second-order valence-electron chi connectivity index (χ2n) is 5.88. The van der Waals surface area contributed by atoms with Crippen molar-refractivity contribution in [1.82, 2.24) is 14.2 Å². The van der Waals surface area contributed by atoms with Crippen molar-refractivity contribution < 1.29 is 4.39 Å². The first kappa shape index (κ1) is 13.9. The van der Waals surface area contributed by atoms with E-state index in [9.17, 15) is 9.18 Å². The molecule has 5 aromatic rings. The number of para-hydroxylation sites is 2. The molecule has 25 heavy (non-hydrogen) atoms. The molecule has 0 radical (unpaired) electrons. The fourth-order valence-corrected chi connectivity index (χ4v) is 3.30. The molecule has 0 aliphatic rings. The molecule has 0 bridgehead atoms. The summed E-state index contributed by atoms with van der Waals surface area (Å²) in [5.74, 6) is -0.356. The molecule has 0 aliphatic carbocycles. The van der Waals surface area contributed by atoms with Crippen LogP contribution >= 0.6 is 0 Å². The first-order valence-corrected chi connectivity index (χ1v) is 7.91. The van der Waals surface area contributed by atoms with Gasteiger partial charge in [0, 0.05) is 5.39 Å². The SMILES string of the molecule is O=c1c2ccccc2nc2c3ccccc3n(-c3cccc(F)c3)n12. The number of rotatable bonds is 1. The molecule has 0 unspecified atom stereocenters. The molecule has 0 spiro atoms. The highest BCUT2D eigenvalue weighted by Gasteiger charge is 2.16. The molecule has 5 rings (SSSR count). The van der Waals surface area contributed by atoms with Crippen molar-refractivity contribution >= 4 is 27.5 Å². The number of hydrogen-bond acceptors (Lipinski definition) is 2. The van der Waals surface area contributed by atoms with Gasteiger partial charge < -0.3 is 0 Å². The normalized spacial score (nSPS) is 11.6. The summed E-state index contributed by atoms with van der Waals surface area (Å²) < 4.78 is 17.0. The van der Waals surface area contributed by atoms with Gasteiger partial charge in [-0.3, -0.25) is 4.79 Å². The molecule has 5 heteroatoms. The van der Waals surface area contributed by atoms with Gasteiger partial charge in [0.25, 0.3) is 5.56 Å². The van der Waals surface area contributed by atoms with E-state index in [0.717, 1.165) is 10.9 Å². The van der Waals surface area contributed by atoms with Gasteiger partial charge in [-0.15, -0.1) is 0 Å². The van der Waals surface area contributed by atoms with Crippen LogP contribution in [0, 0.1) is 5.82 Å². The van der Waals surface area contributed by atoms with E-state index in [1.807, 2.05) is 42.5 Å². The van der Waals surface area contributed by atoms with Gasteiger partial charge in [-0.1, -0.05) is 30.3 Å². The van der Waals surface area contributed by atoms with Gasteiger partial charge >= 0.3 is 0 Å². The second-order valence-corrected chi connectivity index (χ2v) is 5.88. The van der Waals surface area contributed by atoms with E-state index in [1.165, 1.54) is 16.6 Å². The average molecular weight is 329 g/mol. The molecule has 2 heterocycles. The fraction of sp³-hybridized carbons (Fsp3) is 0. The molecule has 2 aromatic heterocycles. The molecule has 3 aromatic carbocycles. The number of benzene rings is 3. The van der Waals surface area contributed by atoms with Crippen molar-refractivity contribution in [2.75, 3.05) is 0 Å². The molecule has 0 saturated heterocycles. The zero-order valence-corrected chi connectivity index (χ0v) is 13.1. The minimum absolute atomic E-state index is 0.180. The molecule has 120 valence electrons. The van der Waals surface area contributed by atoms with Crippen molar-refractivity contribution in [2.45, 2.75) is 0 Å². The van der Waals surface area contributed by atoms with Crippen LogP contribution in [0.15, 0.2) is 77.6 Å². The maximum Gasteiger partial charge on any atom is 0.281 e. The van der Waals surface area contributed by atoms with Gasteiger partial charge in [0.1, 0.15) is 5.82 Å². The summed E-state index contributed by atoms with van der Waals surface area (Å²) in [4.78, 5) is 17.8. The van der Waals surface area contributed by atoms with E-state index in [2.05, 4.69) is 4.98 Å². The molecule has 0 aliphatic heterocycles. The van der Waals surface area contributed by atoms with Gasteiger partial charge in [0.2, 0.25) is 0 Å². The Balaban J connectivity index is 2.08. The van der Waals surface area contributed by atoms with Crippen LogP contribution < -0.4 is 5.56 Å². The Morgan fingerprint density at radius 2 is 1.60 bits per heavy atom. The van der Waals surface area contributed by atoms with Gasteiger partial charge in [-0.05, 0) is 42.5 Å². The summed E-state index contributed by atoms with van der Waals surface area (Å²) in [6.07, 6.45) is 0. The van der Waals surface area contributed by atoms with E-state index in [0.29, 0.717) is 22.2 Å². The van der Waals surface area contributed by atoms with Crippen LogP contribution in [-0.4, -0.2) is 14.2 Å². The number of fused-ring (bicyclic) bond motifs is 4. The van der Waals surface area contributed by atoms with Crippen molar-refractivity contribution in [3.05, 3.63) is 89.0 Å². The molecule has 0 N–H and O–H groups in total. The highest BCUT2D eigenvalue weighted by Crippen LogP contribution is 2.25. The van der Waals surface area contributed by atoms with E-state index < -0.39 is 0 Å². The lowest BCUT2D eigenvalue weighted by Gasteiger charge is -2.08. The van der Waals surface area contributed by atoms with E-state index in [4.69, 9.17) is 0 Å². The standard InChI is InChI=1S/C20H12FN3O/c21-13-6-5-7-14(12-13)23-18-11-4-2-9-16(18)19-22-17-10-3-1-8-15(17)20(25)24(19)23/h1-12H. The molecular formula is C20H12FN3O. The smallest absolute Gasteiger partial charge is 0.267 e. The average Bonchev–Trinajstić information content (AvgIpc) is 2.97. The van der Waals surface area contributed by atoms with Crippen LogP contribution in [0.4, 0.5) is 4.39 Å². The first-order valence-electron chi connectivity index (χ1n) is 7.91. The van der Waals surface area contributed by atoms with Crippen LogP contribution in [0.5, 0.6) is 0 Å². The maximum atomic E-state index is 13.8. The first-order chi connectivity index (χ1) is 12.2. The maximum absolute atomic E-state index is 13.8. The highest BCUT2D eigenvalue weighted by atomic mass is 19.1. The van der Waals surface area contributed by atoms with Crippen molar-refractivity contribution in [3.8, 4) is 5.69 Å². The Bertz CT molecular complexity index is 1330. The van der Waals surface area contributed by atoms with Crippen LogP contribution in [0.2, 0.25) is 0 Å². The summed E-state index contributed by atoms with van der Waals surface area (Å²) in [5.41, 5.74) is 2.40. The van der Waals surface area contributed by atoms with Gasteiger partial charge in [0.05, 0.1) is 22.1 Å². The summed E-state index contributed by atoms with van der Waals surface area (Å²) in [6, 6.07) is 21.1. The molecule has 0 atom stereocenters. The van der Waals surface area contributed by atoms with Crippen LogP contribution in [0.1, 0.15) is 0 Å². The number of nitrogens with zero attached hydrogens (tertiary/aromatic N) is 3. The minimum atomic E-state index is -0.356. The fourth-order valence-electron chi connectivity index (χ4n) is 3.30. The predicted octanol–water partition coefficient (Wildman–Crippen LogP) is 3.93. The Morgan fingerprint density at radius 1 is 0.840 bits per heavy atom. The van der Waals surface area contributed by atoms with Gasteiger partial charge in [-0.2, -0.15) is 4.52 Å². The molecule has 0 fully saturated rings. The van der Waals surface area contributed by atoms with Crippen molar-refractivity contribution in [3.63, 3.8) is 0 Å². The van der Waals surface area contributed by atoms with Gasteiger partial charge in [0.15, 0.2) is 5.65 Å². The highest BCUT2D eigenvalue weighted by molar-refractivity contribution is 5.96. The summed E-state index contributed by atoms with van der Waals surface area (Å²) in [5, 5.41) is 1.37. The molecule has 0 saturated carbocycles. The number of aromatic nitrogens is 3. The van der Waals surface area contributed by atoms with E-state index >= 15 is 0 Å². The van der Waals surface area contributed by atoms with Crippen molar-refractivity contribution in [2.24, 2.45) is 0 Å². The van der Waals surface area contributed by atoms with Crippen LogP contribution in [0.3, 0.4) is 0 Å². The largest absolute Gasteiger partial charge is 0.281 e. The topological polar surface area (TPSA) is 39.3 Å². The lowest BCUT2D eigenvalue weighted by atomic mass is 10.2. The Labute approximate surface area is 141 Å². The summed E-state index contributed by atoms with van der Waals surface area (Å²) in [6.45, 7) is 0. The third-order valence-electron chi connectivity index (χ3n) is 4.38. The zero-order valence-electron chi connectivity index (χ0n) is 13.1. The Hall–Kier alpha value is -3.47.